The lowest BCUT2D eigenvalue weighted by Crippen LogP contribution is -1.88. The third-order valence-electron chi connectivity index (χ3n) is 2.20. The number of benzene rings is 2. The standard InChI is InChI=1S/C14H7FN2O/c15-12-2-1-3-13(7-12)18-14-5-10(8-16)4-11(6-14)9-17/h1-7H. The van der Waals surface area contributed by atoms with Crippen LogP contribution in [-0.4, -0.2) is 0 Å². The fourth-order valence-electron chi connectivity index (χ4n) is 1.45. The number of nitriles is 2. The molecule has 0 unspecified atom stereocenters. The van der Waals surface area contributed by atoms with Crippen molar-refractivity contribution < 1.29 is 9.13 Å². The van der Waals surface area contributed by atoms with Gasteiger partial charge in [-0.1, -0.05) is 6.07 Å². The van der Waals surface area contributed by atoms with Crippen LogP contribution in [-0.2, 0) is 0 Å². The predicted molar refractivity (Wildman–Crippen MR) is 62.3 cm³/mol. The molecule has 0 aromatic heterocycles. The molecule has 0 atom stereocenters. The SMILES string of the molecule is N#Cc1cc(C#N)cc(Oc2cccc(F)c2)c1. The minimum absolute atomic E-state index is 0.314. The average molecular weight is 238 g/mol. The summed E-state index contributed by atoms with van der Waals surface area (Å²) in [6.45, 7) is 0. The molecule has 0 bridgehead atoms. The Kier molecular flexibility index (Phi) is 3.22. The molecule has 18 heavy (non-hydrogen) atoms. The van der Waals surface area contributed by atoms with Crippen molar-refractivity contribution in [2.45, 2.75) is 0 Å². The van der Waals surface area contributed by atoms with Crippen molar-refractivity contribution >= 4 is 0 Å². The van der Waals surface area contributed by atoms with Crippen LogP contribution in [0.3, 0.4) is 0 Å². The quantitative estimate of drug-likeness (QED) is 0.805. The van der Waals surface area contributed by atoms with Gasteiger partial charge in [0.05, 0.1) is 23.3 Å². The average Bonchev–Trinajstić information content (AvgIpc) is 2.38. The molecule has 2 aromatic carbocycles. The van der Waals surface area contributed by atoms with Crippen LogP contribution in [0.15, 0.2) is 42.5 Å². The summed E-state index contributed by atoms with van der Waals surface area (Å²) in [4.78, 5) is 0. The molecule has 0 aliphatic heterocycles. The maximum absolute atomic E-state index is 13.0. The zero-order valence-corrected chi connectivity index (χ0v) is 9.22. The zero-order chi connectivity index (χ0) is 13.0. The second kappa shape index (κ2) is 4.99. The molecule has 0 aliphatic carbocycles. The van der Waals surface area contributed by atoms with Crippen molar-refractivity contribution in [2.24, 2.45) is 0 Å². The molecule has 0 radical (unpaired) electrons. The maximum Gasteiger partial charge on any atom is 0.130 e. The van der Waals surface area contributed by atoms with Gasteiger partial charge in [-0.2, -0.15) is 10.5 Å². The van der Waals surface area contributed by atoms with Crippen LogP contribution in [0.2, 0.25) is 0 Å². The molecule has 4 heteroatoms. The first-order chi connectivity index (χ1) is 8.71. The van der Waals surface area contributed by atoms with Crippen LogP contribution < -0.4 is 4.74 Å². The molecule has 0 amide bonds. The highest BCUT2D eigenvalue weighted by molar-refractivity contribution is 5.46. The van der Waals surface area contributed by atoms with E-state index >= 15 is 0 Å². The van der Waals surface area contributed by atoms with Gasteiger partial charge >= 0.3 is 0 Å². The number of halogens is 1. The first-order valence-corrected chi connectivity index (χ1v) is 5.10. The number of ether oxygens (including phenoxy) is 1. The summed E-state index contributed by atoms with van der Waals surface area (Å²) in [6, 6.07) is 13.9. The largest absolute Gasteiger partial charge is 0.457 e. The summed E-state index contributed by atoms with van der Waals surface area (Å²) < 4.78 is 18.4. The van der Waals surface area contributed by atoms with Gasteiger partial charge in [0.2, 0.25) is 0 Å². The Morgan fingerprint density at radius 2 is 1.56 bits per heavy atom. The van der Waals surface area contributed by atoms with E-state index in [-0.39, 0.29) is 0 Å². The Hall–Kier alpha value is -2.85. The molecule has 0 heterocycles. The van der Waals surface area contributed by atoms with Crippen molar-refractivity contribution in [3.8, 4) is 23.6 Å². The zero-order valence-electron chi connectivity index (χ0n) is 9.22. The van der Waals surface area contributed by atoms with Crippen LogP contribution >= 0.6 is 0 Å². The maximum atomic E-state index is 13.0. The van der Waals surface area contributed by atoms with Crippen molar-refractivity contribution in [3.63, 3.8) is 0 Å². The van der Waals surface area contributed by atoms with E-state index in [2.05, 4.69) is 0 Å². The summed E-state index contributed by atoms with van der Waals surface area (Å²) in [7, 11) is 0. The molecule has 86 valence electrons. The Balaban J connectivity index is 2.35. The molecule has 0 aliphatic rings. The number of hydrogen-bond donors (Lipinski definition) is 0. The first-order valence-electron chi connectivity index (χ1n) is 5.10. The normalized spacial score (nSPS) is 9.28. The molecule has 0 N–H and O–H groups in total. The summed E-state index contributed by atoms with van der Waals surface area (Å²) in [5.74, 6) is 0.231. The minimum atomic E-state index is -0.413. The summed E-state index contributed by atoms with van der Waals surface area (Å²) in [5.41, 5.74) is 0.640. The Bertz CT molecular complexity index is 636. The predicted octanol–water partition coefficient (Wildman–Crippen LogP) is 3.36. The molecule has 2 rings (SSSR count). The van der Waals surface area contributed by atoms with E-state index in [0.29, 0.717) is 22.6 Å². The summed E-state index contributed by atoms with van der Waals surface area (Å²) in [6.07, 6.45) is 0. The summed E-state index contributed by atoms with van der Waals surface area (Å²) in [5, 5.41) is 17.6. The van der Waals surface area contributed by atoms with Gasteiger partial charge in [0, 0.05) is 6.07 Å². The van der Waals surface area contributed by atoms with Gasteiger partial charge in [-0.25, -0.2) is 4.39 Å². The van der Waals surface area contributed by atoms with Gasteiger partial charge in [-0.05, 0) is 30.3 Å². The number of nitrogens with zero attached hydrogens (tertiary/aromatic N) is 2. The van der Waals surface area contributed by atoms with E-state index < -0.39 is 5.82 Å². The first kappa shape index (κ1) is 11.6. The highest BCUT2D eigenvalue weighted by Crippen LogP contribution is 2.24. The van der Waals surface area contributed by atoms with Crippen LogP contribution in [0.1, 0.15) is 11.1 Å². The van der Waals surface area contributed by atoms with E-state index in [4.69, 9.17) is 15.3 Å². The molecule has 0 spiro atoms. The molecule has 3 nitrogen and oxygen atoms in total. The smallest absolute Gasteiger partial charge is 0.130 e. The number of hydrogen-bond acceptors (Lipinski definition) is 3. The third-order valence-corrected chi connectivity index (χ3v) is 2.20. The van der Waals surface area contributed by atoms with Crippen molar-refractivity contribution in [3.05, 3.63) is 59.4 Å². The Labute approximate surface area is 103 Å². The lowest BCUT2D eigenvalue weighted by molar-refractivity contribution is 0.476. The fourth-order valence-corrected chi connectivity index (χ4v) is 1.45. The van der Waals surface area contributed by atoms with E-state index in [9.17, 15) is 4.39 Å². The van der Waals surface area contributed by atoms with Crippen LogP contribution in [0, 0.1) is 28.5 Å². The van der Waals surface area contributed by atoms with Crippen molar-refractivity contribution in [1.82, 2.24) is 0 Å². The molecular weight excluding hydrogens is 231 g/mol. The second-order valence-electron chi connectivity index (χ2n) is 3.53. The summed E-state index contributed by atoms with van der Waals surface area (Å²) >= 11 is 0. The van der Waals surface area contributed by atoms with Gasteiger partial charge in [0.15, 0.2) is 0 Å². The van der Waals surface area contributed by atoms with E-state index in [0.717, 1.165) is 0 Å². The highest BCUT2D eigenvalue weighted by atomic mass is 19.1. The van der Waals surface area contributed by atoms with Gasteiger partial charge in [-0.3, -0.25) is 0 Å². The van der Waals surface area contributed by atoms with Gasteiger partial charge in [-0.15, -0.1) is 0 Å². The van der Waals surface area contributed by atoms with Crippen LogP contribution in [0.5, 0.6) is 11.5 Å². The lowest BCUT2D eigenvalue weighted by Gasteiger charge is -2.06. The topological polar surface area (TPSA) is 56.8 Å². The molecule has 2 aromatic rings. The van der Waals surface area contributed by atoms with Crippen molar-refractivity contribution in [1.29, 1.82) is 10.5 Å². The van der Waals surface area contributed by atoms with Crippen LogP contribution in [0.25, 0.3) is 0 Å². The third kappa shape index (κ3) is 2.63. The van der Waals surface area contributed by atoms with E-state index in [1.165, 1.54) is 36.4 Å². The lowest BCUT2D eigenvalue weighted by atomic mass is 10.1. The molecule has 0 saturated heterocycles. The van der Waals surface area contributed by atoms with Crippen molar-refractivity contribution in [2.75, 3.05) is 0 Å². The highest BCUT2D eigenvalue weighted by Gasteiger charge is 2.03. The van der Waals surface area contributed by atoms with Gasteiger partial charge < -0.3 is 4.74 Å². The Morgan fingerprint density at radius 1 is 0.889 bits per heavy atom. The fraction of sp³-hybridized carbons (Fsp3) is 0. The number of rotatable bonds is 2. The Morgan fingerprint density at radius 3 is 2.11 bits per heavy atom. The van der Waals surface area contributed by atoms with Gasteiger partial charge in [0.1, 0.15) is 17.3 Å². The second-order valence-corrected chi connectivity index (χ2v) is 3.53. The van der Waals surface area contributed by atoms with Crippen LogP contribution in [0.4, 0.5) is 4.39 Å². The minimum Gasteiger partial charge on any atom is -0.457 e. The van der Waals surface area contributed by atoms with Gasteiger partial charge in [0.25, 0.3) is 0 Å². The monoisotopic (exact) mass is 238 g/mol. The molecule has 0 saturated carbocycles. The van der Waals surface area contributed by atoms with E-state index in [1.54, 1.807) is 6.07 Å². The molecular formula is C14H7FN2O. The van der Waals surface area contributed by atoms with E-state index in [1.807, 2.05) is 12.1 Å². The molecule has 0 fully saturated rings.